The van der Waals surface area contributed by atoms with Gasteiger partial charge < -0.3 is 11.1 Å². The van der Waals surface area contributed by atoms with Gasteiger partial charge in [-0.15, -0.1) is 11.3 Å². The zero-order chi connectivity index (χ0) is 18.1. The van der Waals surface area contributed by atoms with Crippen LogP contribution in [0.5, 0.6) is 0 Å². The van der Waals surface area contributed by atoms with E-state index in [1.807, 2.05) is 0 Å². The van der Waals surface area contributed by atoms with Crippen molar-refractivity contribution in [2.45, 2.75) is 32.6 Å². The first-order chi connectivity index (χ1) is 11.9. The van der Waals surface area contributed by atoms with Crippen LogP contribution in [-0.4, -0.2) is 11.8 Å². The molecule has 1 aliphatic rings. The standard InChI is InChI=1S/C18H18Cl2N2O2S/c1-2-9-3-5-11-14(7-9)25-18(15(11)16(21)23)22-17(24)12-8-10(19)4-6-13(12)20/h4,6,8-9H,2-3,5,7H2,1H3,(H2,21,23)(H,22,24). The minimum Gasteiger partial charge on any atom is -0.365 e. The summed E-state index contributed by atoms with van der Waals surface area (Å²) < 4.78 is 0. The van der Waals surface area contributed by atoms with Crippen LogP contribution >= 0.6 is 34.5 Å². The molecule has 0 bridgehead atoms. The largest absolute Gasteiger partial charge is 0.365 e. The van der Waals surface area contributed by atoms with Crippen LogP contribution < -0.4 is 11.1 Å². The maximum Gasteiger partial charge on any atom is 0.257 e. The van der Waals surface area contributed by atoms with E-state index >= 15 is 0 Å². The molecule has 1 atom stereocenters. The number of anilines is 1. The monoisotopic (exact) mass is 396 g/mol. The first kappa shape index (κ1) is 18.2. The Morgan fingerprint density at radius 1 is 1.36 bits per heavy atom. The highest BCUT2D eigenvalue weighted by Crippen LogP contribution is 2.40. The van der Waals surface area contributed by atoms with E-state index in [0.29, 0.717) is 26.5 Å². The molecule has 4 nitrogen and oxygen atoms in total. The summed E-state index contributed by atoms with van der Waals surface area (Å²) in [6.07, 6.45) is 3.87. The van der Waals surface area contributed by atoms with Gasteiger partial charge in [-0.2, -0.15) is 0 Å². The first-order valence-electron chi connectivity index (χ1n) is 8.11. The lowest BCUT2D eigenvalue weighted by molar-refractivity contribution is 0.1000. The Labute approximate surface area is 160 Å². The number of nitrogens with one attached hydrogen (secondary N) is 1. The lowest BCUT2D eigenvalue weighted by Crippen LogP contribution is -2.20. The van der Waals surface area contributed by atoms with Gasteiger partial charge in [0.25, 0.3) is 11.8 Å². The summed E-state index contributed by atoms with van der Waals surface area (Å²) in [5.41, 5.74) is 7.27. The molecule has 0 fully saturated rings. The molecule has 3 N–H and O–H groups in total. The molecule has 0 spiro atoms. The van der Waals surface area contributed by atoms with E-state index in [-0.39, 0.29) is 5.56 Å². The Kier molecular flexibility index (Phi) is 5.37. The first-order valence-corrected chi connectivity index (χ1v) is 9.68. The van der Waals surface area contributed by atoms with Gasteiger partial charge in [-0.3, -0.25) is 9.59 Å². The van der Waals surface area contributed by atoms with Crippen molar-refractivity contribution in [3.63, 3.8) is 0 Å². The second kappa shape index (κ2) is 7.36. The molecule has 3 rings (SSSR count). The van der Waals surface area contributed by atoms with Crippen molar-refractivity contribution >= 4 is 51.4 Å². The van der Waals surface area contributed by atoms with Crippen molar-refractivity contribution in [2.75, 3.05) is 5.32 Å². The van der Waals surface area contributed by atoms with E-state index in [2.05, 4.69) is 12.2 Å². The number of primary amides is 1. The molecule has 25 heavy (non-hydrogen) atoms. The number of halogens is 2. The normalized spacial score (nSPS) is 16.4. The number of carbonyl (C=O) groups is 2. The number of hydrogen-bond donors (Lipinski definition) is 2. The molecule has 1 aromatic heterocycles. The van der Waals surface area contributed by atoms with E-state index < -0.39 is 11.8 Å². The van der Waals surface area contributed by atoms with Gasteiger partial charge in [0.1, 0.15) is 5.00 Å². The molecule has 2 aromatic rings. The fourth-order valence-electron chi connectivity index (χ4n) is 3.19. The minimum atomic E-state index is -0.514. The molecule has 1 unspecified atom stereocenters. The third-order valence-electron chi connectivity index (χ3n) is 4.59. The Hall–Kier alpha value is -1.56. The van der Waals surface area contributed by atoms with Crippen LogP contribution in [0.2, 0.25) is 10.0 Å². The van der Waals surface area contributed by atoms with Crippen LogP contribution in [0.4, 0.5) is 5.00 Å². The topological polar surface area (TPSA) is 72.2 Å². The summed E-state index contributed by atoms with van der Waals surface area (Å²) in [4.78, 5) is 25.7. The van der Waals surface area contributed by atoms with Gasteiger partial charge in [0.15, 0.2) is 0 Å². The van der Waals surface area contributed by atoms with Gasteiger partial charge in [0.05, 0.1) is 16.1 Å². The van der Waals surface area contributed by atoms with Gasteiger partial charge in [-0.05, 0) is 48.9 Å². The van der Waals surface area contributed by atoms with E-state index in [1.54, 1.807) is 12.1 Å². The van der Waals surface area contributed by atoms with Crippen molar-refractivity contribution in [1.29, 1.82) is 0 Å². The average molecular weight is 397 g/mol. The second-order valence-corrected chi connectivity index (χ2v) is 8.12. The fourth-order valence-corrected chi connectivity index (χ4v) is 4.93. The summed E-state index contributed by atoms with van der Waals surface area (Å²) in [5.74, 6) is -0.307. The number of carbonyl (C=O) groups excluding carboxylic acids is 2. The van der Waals surface area contributed by atoms with Gasteiger partial charge >= 0.3 is 0 Å². The molecular formula is C18H18Cl2N2O2S. The van der Waals surface area contributed by atoms with Crippen LogP contribution in [0, 0.1) is 5.92 Å². The number of rotatable bonds is 4. The summed E-state index contributed by atoms with van der Waals surface area (Å²) in [5, 5.41) is 4.02. The number of fused-ring (bicyclic) bond motifs is 1. The maximum absolute atomic E-state index is 12.6. The SMILES string of the molecule is CCC1CCc2c(sc(NC(=O)c3cc(Cl)ccc3Cl)c2C(N)=O)C1. The lowest BCUT2D eigenvalue weighted by Gasteiger charge is -2.20. The number of benzene rings is 1. The van der Waals surface area contributed by atoms with Crippen molar-refractivity contribution < 1.29 is 9.59 Å². The summed E-state index contributed by atoms with van der Waals surface area (Å²) in [6, 6.07) is 4.69. The molecule has 2 amide bonds. The Morgan fingerprint density at radius 3 is 2.80 bits per heavy atom. The van der Waals surface area contributed by atoms with Crippen LogP contribution in [0.15, 0.2) is 18.2 Å². The predicted octanol–water partition coefficient (Wildman–Crippen LogP) is 4.92. The van der Waals surface area contributed by atoms with Crippen LogP contribution in [0.3, 0.4) is 0 Å². The van der Waals surface area contributed by atoms with E-state index in [9.17, 15) is 9.59 Å². The zero-order valence-electron chi connectivity index (χ0n) is 13.7. The average Bonchev–Trinajstić information content (AvgIpc) is 2.93. The van der Waals surface area contributed by atoms with E-state index in [4.69, 9.17) is 28.9 Å². The molecular weight excluding hydrogens is 379 g/mol. The molecule has 0 saturated carbocycles. The molecule has 132 valence electrons. The number of amides is 2. The van der Waals surface area contributed by atoms with Crippen molar-refractivity contribution in [3.05, 3.63) is 49.8 Å². The molecule has 0 saturated heterocycles. The van der Waals surface area contributed by atoms with E-state index in [1.165, 1.54) is 17.4 Å². The van der Waals surface area contributed by atoms with Crippen molar-refractivity contribution in [1.82, 2.24) is 0 Å². The number of nitrogens with two attached hydrogens (primary N) is 1. The minimum absolute atomic E-state index is 0.266. The molecule has 7 heteroatoms. The lowest BCUT2D eigenvalue weighted by atomic mass is 9.85. The van der Waals surface area contributed by atoms with Crippen molar-refractivity contribution in [2.24, 2.45) is 11.7 Å². The summed E-state index contributed by atoms with van der Waals surface area (Å²) in [6.45, 7) is 2.17. The van der Waals surface area contributed by atoms with E-state index in [0.717, 1.165) is 36.1 Å². The van der Waals surface area contributed by atoms with Gasteiger partial charge in [-0.1, -0.05) is 36.5 Å². The van der Waals surface area contributed by atoms with Crippen LogP contribution in [0.25, 0.3) is 0 Å². The molecule has 1 aliphatic carbocycles. The van der Waals surface area contributed by atoms with Crippen molar-refractivity contribution in [3.8, 4) is 0 Å². The van der Waals surface area contributed by atoms with Crippen LogP contribution in [0.1, 0.15) is 50.9 Å². The molecule has 1 heterocycles. The number of thiophene rings is 1. The molecule has 0 radical (unpaired) electrons. The molecule has 0 aliphatic heterocycles. The highest BCUT2D eigenvalue weighted by molar-refractivity contribution is 7.17. The third-order valence-corrected chi connectivity index (χ3v) is 6.33. The highest BCUT2D eigenvalue weighted by atomic mass is 35.5. The van der Waals surface area contributed by atoms with Gasteiger partial charge in [-0.25, -0.2) is 0 Å². The quantitative estimate of drug-likeness (QED) is 0.769. The van der Waals surface area contributed by atoms with Gasteiger partial charge in [0.2, 0.25) is 0 Å². The summed E-state index contributed by atoms with van der Waals surface area (Å²) in [7, 11) is 0. The second-order valence-electron chi connectivity index (χ2n) is 6.17. The number of hydrogen-bond acceptors (Lipinski definition) is 3. The summed E-state index contributed by atoms with van der Waals surface area (Å²) >= 11 is 13.5. The maximum atomic E-state index is 12.6. The Bertz CT molecular complexity index is 848. The third kappa shape index (κ3) is 3.68. The van der Waals surface area contributed by atoms with Gasteiger partial charge in [0, 0.05) is 9.90 Å². The predicted molar refractivity (Wildman–Crippen MR) is 103 cm³/mol. The zero-order valence-corrected chi connectivity index (χ0v) is 16.0. The Morgan fingerprint density at radius 2 is 2.12 bits per heavy atom. The molecule has 1 aromatic carbocycles. The highest BCUT2D eigenvalue weighted by Gasteiger charge is 2.28. The smallest absolute Gasteiger partial charge is 0.257 e. The Balaban J connectivity index is 1.95. The van der Waals surface area contributed by atoms with Crippen LogP contribution in [-0.2, 0) is 12.8 Å². The fraction of sp³-hybridized carbons (Fsp3) is 0.333.